The summed E-state index contributed by atoms with van der Waals surface area (Å²) in [5.41, 5.74) is 0.594. The van der Waals surface area contributed by atoms with E-state index in [-0.39, 0.29) is 0 Å². The summed E-state index contributed by atoms with van der Waals surface area (Å²) in [6.07, 6.45) is 5.49. The largest absolute Gasteiger partial charge is 0.314 e. The van der Waals surface area contributed by atoms with E-state index in [1.54, 1.807) is 0 Å². The standard InChI is InChI=1S/C11H22N2/c1-10-4-9-13(8-3-7-12-10)11(2)5-6-11/h10,12H,3-9H2,1-2H3. The Morgan fingerprint density at radius 2 is 2.08 bits per heavy atom. The van der Waals surface area contributed by atoms with Gasteiger partial charge in [0, 0.05) is 18.1 Å². The first kappa shape index (κ1) is 9.47. The summed E-state index contributed by atoms with van der Waals surface area (Å²) in [6.45, 7) is 8.53. The summed E-state index contributed by atoms with van der Waals surface area (Å²) in [5.74, 6) is 0. The van der Waals surface area contributed by atoms with E-state index in [9.17, 15) is 0 Å². The fourth-order valence-corrected chi connectivity index (χ4v) is 2.22. The van der Waals surface area contributed by atoms with Crippen LogP contribution >= 0.6 is 0 Å². The van der Waals surface area contributed by atoms with Gasteiger partial charge in [0.15, 0.2) is 0 Å². The first-order chi connectivity index (χ1) is 6.21. The van der Waals surface area contributed by atoms with Crippen LogP contribution in [0.2, 0.25) is 0 Å². The molecular formula is C11H22N2. The Balaban J connectivity index is 1.88. The fraction of sp³-hybridized carbons (Fsp3) is 1.00. The lowest BCUT2D eigenvalue weighted by Crippen LogP contribution is -2.43. The molecule has 76 valence electrons. The molecule has 1 aliphatic carbocycles. The molecule has 1 unspecified atom stereocenters. The van der Waals surface area contributed by atoms with Crippen molar-refractivity contribution in [3.8, 4) is 0 Å². The van der Waals surface area contributed by atoms with Gasteiger partial charge in [-0.05, 0) is 52.6 Å². The first-order valence-electron chi connectivity index (χ1n) is 5.69. The predicted octanol–water partition coefficient (Wildman–Crippen LogP) is 1.61. The fourth-order valence-electron chi connectivity index (χ4n) is 2.22. The SMILES string of the molecule is CC1CCN(C2(C)CC2)CCCN1. The molecule has 0 spiro atoms. The minimum Gasteiger partial charge on any atom is -0.314 e. The molecule has 0 aromatic rings. The summed E-state index contributed by atoms with van der Waals surface area (Å²) < 4.78 is 0. The Kier molecular flexibility index (Phi) is 2.61. The van der Waals surface area contributed by atoms with Crippen LogP contribution in [0.15, 0.2) is 0 Å². The average molecular weight is 182 g/mol. The van der Waals surface area contributed by atoms with Crippen LogP contribution in [0, 0.1) is 0 Å². The summed E-state index contributed by atoms with van der Waals surface area (Å²) in [6, 6.07) is 0.713. The van der Waals surface area contributed by atoms with Crippen LogP contribution in [0.4, 0.5) is 0 Å². The lowest BCUT2D eigenvalue weighted by atomic mass is 10.1. The van der Waals surface area contributed by atoms with Crippen molar-refractivity contribution >= 4 is 0 Å². The van der Waals surface area contributed by atoms with E-state index in [0.717, 1.165) is 0 Å². The molecule has 2 nitrogen and oxygen atoms in total. The molecule has 1 atom stereocenters. The third-order valence-electron chi connectivity index (χ3n) is 3.67. The number of nitrogens with zero attached hydrogens (tertiary/aromatic N) is 1. The van der Waals surface area contributed by atoms with Crippen LogP contribution in [0.1, 0.15) is 39.5 Å². The molecule has 0 bridgehead atoms. The van der Waals surface area contributed by atoms with Gasteiger partial charge in [-0.1, -0.05) is 0 Å². The lowest BCUT2D eigenvalue weighted by Gasteiger charge is -2.32. The van der Waals surface area contributed by atoms with E-state index in [1.807, 2.05) is 0 Å². The van der Waals surface area contributed by atoms with Gasteiger partial charge >= 0.3 is 0 Å². The highest BCUT2D eigenvalue weighted by Crippen LogP contribution is 2.41. The molecule has 1 N–H and O–H groups in total. The molecule has 1 saturated carbocycles. The molecule has 2 fully saturated rings. The summed E-state index contributed by atoms with van der Waals surface area (Å²) in [5, 5.41) is 3.55. The van der Waals surface area contributed by atoms with Crippen LogP contribution in [0.3, 0.4) is 0 Å². The maximum Gasteiger partial charge on any atom is 0.0182 e. The van der Waals surface area contributed by atoms with Gasteiger partial charge in [0.25, 0.3) is 0 Å². The smallest absolute Gasteiger partial charge is 0.0182 e. The van der Waals surface area contributed by atoms with Gasteiger partial charge in [-0.2, -0.15) is 0 Å². The van der Waals surface area contributed by atoms with Gasteiger partial charge in [-0.3, -0.25) is 4.90 Å². The Bertz CT molecular complexity index is 175. The van der Waals surface area contributed by atoms with Crippen molar-refractivity contribution in [2.45, 2.75) is 51.1 Å². The molecule has 1 saturated heterocycles. The van der Waals surface area contributed by atoms with Crippen LogP contribution < -0.4 is 5.32 Å². The van der Waals surface area contributed by atoms with Gasteiger partial charge < -0.3 is 5.32 Å². The van der Waals surface area contributed by atoms with Gasteiger partial charge in [0.05, 0.1) is 0 Å². The molecular weight excluding hydrogens is 160 g/mol. The Labute approximate surface area is 81.7 Å². The van der Waals surface area contributed by atoms with Crippen LogP contribution in [0.25, 0.3) is 0 Å². The zero-order valence-corrected chi connectivity index (χ0v) is 8.97. The summed E-state index contributed by atoms with van der Waals surface area (Å²) in [7, 11) is 0. The average Bonchev–Trinajstić information content (AvgIpc) is 2.78. The molecule has 13 heavy (non-hydrogen) atoms. The second-order valence-corrected chi connectivity index (χ2v) is 4.98. The number of nitrogens with one attached hydrogen (secondary N) is 1. The van der Waals surface area contributed by atoms with E-state index in [4.69, 9.17) is 0 Å². The van der Waals surface area contributed by atoms with Crippen molar-refractivity contribution in [3.05, 3.63) is 0 Å². The van der Waals surface area contributed by atoms with E-state index in [0.29, 0.717) is 11.6 Å². The van der Waals surface area contributed by atoms with Gasteiger partial charge in [-0.25, -0.2) is 0 Å². The third-order valence-corrected chi connectivity index (χ3v) is 3.67. The Morgan fingerprint density at radius 3 is 2.77 bits per heavy atom. The molecule has 0 aromatic heterocycles. The van der Waals surface area contributed by atoms with Crippen LogP contribution in [0.5, 0.6) is 0 Å². The molecule has 0 radical (unpaired) electrons. The number of rotatable bonds is 1. The predicted molar refractivity (Wildman–Crippen MR) is 55.9 cm³/mol. The second-order valence-electron chi connectivity index (χ2n) is 4.98. The minimum atomic E-state index is 0.594. The topological polar surface area (TPSA) is 15.3 Å². The third kappa shape index (κ3) is 2.23. The highest BCUT2D eigenvalue weighted by molar-refractivity contribution is 5.00. The Hall–Kier alpha value is -0.0800. The minimum absolute atomic E-state index is 0.594. The maximum absolute atomic E-state index is 3.55. The van der Waals surface area contributed by atoms with Gasteiger partial charge in [0.2, 0.25) is 0 Å². The molecule has 2 heteroatoms. The van der Waals surface area contributed by atoms with Crippen molar-refractivity contribution in [3.63, 3.8) is 0 Å². The van der Waals surface area contributed by atoms with Crippen LogP contribution in [-0.4, -0.2) is 36.1 Å². The zero-order valence-electron chi connectivity index (χ0n) is 8.97. The van der Waals surface area contributed by atoms with Crippen molar-refractivity contribution in [2.24, 2.45) is 0 Å². The highest BCUT2D eigenvalue weighted by atomic mass is 15.2. The molecule has 0 aromatic carbocycles. The monoisotopic (exact) mass is 182 g/mol. The van der Waals surface area contributed by atoms with E-state index >= 15 is 0 Å². The first-order valence-corrected chi connectivity index (χ1v) is 5.69. The van der Waals surface area contributed by atoms with Gasteiger partial charge in [-0.15, -0.1) is 0 Å². The lowest BCUT2D eigenvalue weighted by molar-refractivity contribution is 0.168. The second kappa shape index (κ2) is 3.58. The zero-order chi connectivity index (χ0) is 9.31. The molecule has 1 heterocycles. The molecule has 2 rings (SSSR count). The van der Waals surface area contributed by atoms with E-state index in [2.05, 4.69) is 24.1 Å². The Morgan fingerprint density at radius 1 is 1.31 bits per heavy atom. The van der Waals surface area contributed by atoms with Crippen molar-refractivity contribution in [1.82, 2.24) is 10.2 Å². The summed E-state index contributed by atoms with van der Waals surface area (Å²) in [4.78, 5) is 2.71. The van der Waals surface area contributed by atoms with Crippen molar-refractivity contribution in [1.29, 1.82) is 0 Å². The van der Waals surface area contributed by atoms with E-state index in [1.165, 1.54) is 45.3 Å². The van der Waals surface area contributed by atoms with Crippen LogP contribution in [-0.2, 0) is 0 Å². The highest BCUT2D eigenvalue weighted by Gasteiger charge is 2.42. The van der Waals surface area contributed by atoms with Crippen molar-refractivity contribution < 1.29 is 0 Å². The maximum atomic E-state index is 3.55. The number of hydrogen-bond acceptors (Lipinski definition) is 2. The normalized spacial score (nSPS) is 35.1. The quantitative estimate of drug-likeness (QED) is 0.663. The van der Waals surface area contributed by atoms with Crippen molar-refractivity contribution in [2.75, 3.05) is 19.6 Å². The van der Waals surface area contributed by atoms with Gasteiger partial charge in [0.1, 0.15) is 0 Å². The summed E-state index contributed by atoms with van der Waals surface area (Å²) >= 11 is 0. The molecule has 1 aliphatic heterocycles. The molecule has 2 aliphatic rings. The molecule has 0 amide bonds. The number of hydrogen-bond donors (Lipinski definition) is 1. The van der Waals surface area contributed by atoms with E-state index < -0.39 is 0 Å².